The monoisotopic (exact) mass is 563 g/mol. The number of ether oxygens (including phenoxy) is 4. The third-order valence-electron chi connectivity index (χ3n) is 6.26. The van der Waals surface area contributed by atoms with E-state index in [2.05, 4.69) is 12.2 Å². The number of carbonyl (C=O) groups excluding carboxylic acids is 4. The zero-order chi connectivity index (χ0) is 29.9. The quantitative estimate of drug-likeness (QED) is 0.121. The first-order valence-electron chi connectivity index (χ1n) is 14.6. The van der Waals surface area contributed by atoms with E-state index in [1.165, 1.54) is 7.11 Å². The summed E-state index contributed by atoms with van der Waals surface area (Å²) in [6.45, 7) is 10.2. The molecule has 0 amide bonds. The zero-order valence-electron chi connectivity index (χ0n) is 25.2. The number of nitrogens with one attached hydrogen (secondary N) is 1. The second-order valence-electron chi connectivity index (χ2n) is 10.6. The highest BCUT2D eigenvalue weighted by molar-refractivity contribution is 5.77. The standard InChI is InChI=1S/C31H49NO8/c1-7-9-11-13-28(33)39-26-17-16-24(20-27(26)40-29(34)14-12-10-8-2)19-25(31(36)37-6)32-21-23(5)38-30(35)18-15-22(3)4/h16-17,20,22-23,25,32H,7-15,18-19,21H2,1-6H3/t23?,25-/m0/s1. The van der Waals surface area contributed by atoms with Crippen molar-refractivity contribution < 1.29 is 38.1 Å². The number of carbonyl (C=O) groups is 4. The van der Waals surface area contributed by atoms with Gasteiger partial charge in [-0.15, -0.1) is 0 Å². The number of hydrogen-bond acceptors (Lipinski definition) is 9. The van der Waals surface area contributed by atoms with Gasteiger partial charge in [0.15, 0.2) is 11.5 Å². The van der Waals surface area contributed by atoms with Gasteiger partial charge in [0.25, 0.3) is 0 Å². The Balaban J connectivity index is 2.98. The minimum atomic E-state index is -0.739. The Hall–Kier alpha value is -2.94. The van der Waals surface area contributed by atoms with Crippen LogP contribution in [0.3, 0.4) is 0 Å². The number of unbranched alkanes of at least 4 members (excludes halogenated alkanes) is 4. The smallest absolute Gasteiger partial charge is 0.323 e. The Labute approximate surface area is 239 Å². The highest BCUT2D eigenvalue weighted by atomic mass is 16.6. The van der Waals surface area contributed by atoms with Crippen molar-refractivity contribution in [1.29, 1.82) is 0 Å². The molecule has 9 heteroatoms. The molecule has 0 saturated heterocycles. The van der Waals surface area contributed by atoms with Crippen molar-refractivity contribution in [2.45, 2.75) is 117 Å². The van der Waals surface area contributed by atoms with Crippen LogP contribution in [-0.2, 0) is 35.1 Å². The minimum Gasteiger partial charge on any atom is -0.468 e. The molecule has 1 aromatic rings. The second-order valence-corrected chi connectivity index (χ2v) is 10.6. The van der Waals surface area contributed by atoms with Crippen LogP contribution in [0.4, 0.5) is 0 Å². The predicted molar refractivity (Wildman–Crippen MR) is 153 cm³/mol. The van der Waals surface area contributed by atoms with E-state index in [9.17, 15) is 19.2 Å². The normalized spacial score (nSPS) is 12.5. The van der Waals surface area contributed by atoms with Gasteiger partial charge < -0.3 is 24.3 Å². The highest BCUT2D eigenvalue weighted by Crippen LogP contribution is 2.30. The maximum atomic E-state index is 12.5. The van der Waals surface area contributed by atoms with E-state index in [0.29, 0.717) is 24.3 Å². The lowest BCUT2D eigenvalue weighted by Gasteiger charge is -2.20. The summed E-state index contributed by atoms with van der Waals surface area (Å²) in [7, 11) is 1.30. The second kappa shape index (κ2) is 20.0. The van der Waals surface area contributed by atoms with Crippen LogP contribution in [0.2, 0.25) is 0 Å². The van der Waals surface area contributed by atoms with Crippen LogP contribution in [-0.4, -0.2) is 49.7 Å². The van der Waals surface area contributed by atoms with Crippen molar-refractivity contribution in [3.05, 3.63) is 23.8 Å². The number of benzene rings is 1. The lowest BCUT2D eigenvalue weighted by Crippen LogP contribution is -2.43. The van der Waals surface area contributed by atoms with Gasteiger partial charge in [-0.3, -0.25) is 19.2 Å². The van der Waals surface area contributed by atoms with Gasteiger partial charge in [-0.25, -0.2) is 0 Å². The Kier molecular flexibility index (Phi) is 17.6. The molecule has 0 spiro atoms. The topological polar surface area (TPSA) is 117 Å². The maximum absolute atomic E-state index is 12.5. The SMILES string of the molecule is CCCCCC(=O)Oc1ccc(C[C@H](NCC(C)OC(=O)CCC(C)C)C(=O)OC)cc1OC(=O)CCCCC. The van der Waals surface area contributed by atoms with Crippen molar-refractivity contribution in [1.82, 2.24) is 5.32 Å². The summed E-state index contributed by atoms with van der Waals surface area (Å²) >= 11 is 0. The van der Waals surface area contributed by atoms with Crippen LogP contribution in [0, 0.1) is 5.92 Å². The van der Waals surface area contributed by atoms with E-state index in [1.54, 1.807) is 25.1 Å². The van der Waals surface area contributed by atoms with Gasteiger partial charge >= 0.3 is 23.9 Å². The fourth-order valence-corrected chi connectivity index (χ4v) is 3.89. The van der Waals surface area contributed by atoms with Crippen LogP contribution in [0.25, 0.3) is 0 Å². The molecule has 0 aliphatic carbocycles. The van der Waals surface area contributed by atoms with E-state index < -0.39 is 30.1 Å². The zero-order valence-corrected chi connectivity index (χ0v) is 25.2. The molecule has 0 bridgehead atoms. The molecule has 2 atom stereocenters. The van der Waals surface area contributed by atoms with Gasteiger partial charge in [0.2, 0.25) is 0 Å². The van der Waals surface area contributed by atoms with Crippen LogP contribution in [0.5, 0.6) is 11.5 Å². The first-order chi connectivity index (χ1) is 19.1. The van der Waals surface area contributed by atoms with Crippen molar-refractivity contribution >= 4 is 23.9 Å². The van der Waals surface area contributed by atoms with E-state index in [-0.39, 0.29) is 43.3 Å². The molecule has 0 fully saturated rings. The van der Waals surface area contributed by atoms with Gasteiger partial charge in [0.05, 0.1) is 7.11 Å². The van der Waals surface area contributed by atoms with E-state index in [1.807, 2.05) is 20.8 Å². The van der Waals surface area contributed by atoms with Gasteiger partial charge in [0, 0.05) is 25.8 Å². The summed E-state index contributed by atoms with van der Waals surface area (Å²) in [5.41, 5.74) is 0.673. The molecule has 1 aromatic carbocycles. The van der Waals surface area contributed by atoms with Crippen LogP contribution in [0.15, 0.2) is 18.2 Å². The highest BCUT2D eigenvalue weighted by Gasteiger charge is 2.23. The van der Waals surface area contributed by atoms with E-state index >= 15 is 0 Å². The molecule has 0 aliphatic rings. The Morgan fingerprint density at radius 2 is 1.40 bits per heavy atom. The Morgan fingerprint density at radius 1 is 0.800 bits per heavy atom. The minimum absolute atomic E-state index is 0.138. The molecule has 1 N–H and O–H groups in total. The fourth-order valence-electron chi connectivity index (χ4n) is 3.89. The van der Waals surface area contributed by atoms with Gasteiger partial charge in [-0.05, 0) is 56.2 Å². The fraction of sp³-hybridized carbons (Fsp3) is 0.677. The van der Waals surface area contributed by atoms with Crippen molar-refractivity contribution in [2.75, 3.05) is 13.7 Å². The number of methoxy groups -OCH3 is 1. The Bertz CT molecular complexity index is 930. The van der Waals surface area contributed by atoms with Crippen molar-refractivity contribution in [3.63, 3.8) is 0 Å². The van der Waals surface area contributed by atoms with Crippen LogP contribution in [0.1, 0.15) is 104 Å². The average Bonchev–Trinajstić information content (AvgIpc) is 2.91. The summed E-state index contributed by atoms with van der Waals surface area (Å²) < 4.78 is 21.5. The molecule has 0 heterocycles. The van der Waals surface area contributed by atoms with Crippen molar-refractivity contribution in [2.24, 2.45) is 5.92 Å². The molecule has 1 rings (SSSR count). The average molecular weight is 564 g/mol. The number of rotatable bonds is 20. The largest absolute Gasteiger partial charge is 0.468 e. The van der Waals surface area contributed by atoms with E-state index in [0.717, 1.165) is 38.5 Å². The number of esters is 4. The van der Waals surface area contributed by atoms with E-state index in [4.69, 9.17) is 18.9 Å². The van der Waals surface area contributed by atoms with Crippen molar-refractivity contribution in [3.8, 4) is 11.5 Å². The molecule has 9 nitrogen and oxygen atoms in total. The van der Waals surface area contributed by atoms with Gasteiger partial charge in [0.1, 0.15) is 12.1 Å². The number of hydrogen-bond donors (Lipinski definition) is 1. The summed E-state index contributed by atoms with van der Waals surface area (Å²) in [5, 5.41) is 3.11. The molecule has 0 radical (unpaired) electrons. The van der Waals surface area contributed by atoms with Gasteiger partial charge in [-0.2, -0.15) is 0 Å². The summed E-state index contributed by atoms with van der Waals surface area (Å²) in [6.07, 6.45) is 6.60. The lowest BCUT2D eigenvalue weighted by molar-refractivity contribution is -0.148. The molecule has 0 saturated carbocycles. The molecule has 0 aromatic heterocycles. The summed E-state index contributed by atoms with van der Waals surface area (Å²) in [6, 6.07) is 4.17. The summed E-state index contributed by atoms with van der Waals surface area (Å²) in [5.74, 6) is -0.857. The lowest BCUT2D eigenvalue weighted by atomic mass is 10.0. The first kappa shape index (κ1) is 35.1. The Morgan fingerprint density at radius 3 is 1.95 bits per heavy atom. The maximum Gasteiger partial charge on any atom is 0.323 e. The molecular formula is C31H49NO8. The molecular weight excluding hydrogens is 514 g/mol. The predicted octanol–water partition coefficient (Wildman–Crippen LogP) is 5.70. The summed E-state index contributed by atoms with van der Waals surface area (Å²) in [4.78, 5) is 49.4. The van der Waals surface area contributed by atoms with Crippen LogP contribution >= 0.6 is 0 Å². The third kappa shape index (κ3) is 15.0. The van der Waals surface area contributed by atoms with Gasteiger partial charge in [-0.1, -0.05) is 59.4 Å². The first-order valence-corrected chi connectivity index (χ1v) is 14.6. The molecule has 1 unspecified atom stereocenters. The molecule has 40 heavy (non-hydrogen) atoms. The third-order valence-corrected chi connectivity index (χ3v) is 6.26. The van der Waals surface area contributed by atoms with Crippen LogP contribution < -0.4 is 14.8 Å². The molecule has 226 valence electrons. The molecule has 0 aliphatic heterocycles.